The van der Waals surface area contributed by atoms with Crippen LogP contribution in [-0.4, -0.2) is 92.4 Å². The van der Waals surface area contributed by atoms with Crippen LogP contribution in [0.4, 0.5) is 0 Å². The second kappa shape index (κ2) is 34.8. The Bertz CT molecular complexity index is 2170. The summed E-state index contributed by atoms with van der Waals surface area (Å²) in [7, 11) is 9.20. The van der Waals surface area contributed by atoms with Crippen LogP contribution in [0.5, 0.6) is 23.0 Å². The second-order valence-electron chi connectivity index (χ2n) is 13.6. The fourth-order valence-electron chi connectivity index (χ4n) is 5.93. The van der Waals surface area contributed by atoms with E-state index in [2.05, 4.69) is 21.7 Å². The van der Waals surface area contributed by atoms with Crippen molar-refractivity contribution in [2.24, 2.45) is 0 Å². The first kappa shape index (κ1) is 63.7. The zero-order valence-corrected chi connectivity index (χ0v) is 42.6. The van der Waals surface area contributed by atoms with Crippen molar-refractivity contribution in [1.82, 2.24) is 14.7 Å². The number of aromatic carboxylic acids is 1. The van der Waals surface area contributed by atoms with Gasteiger partial charge in [-0.25, -0.2) is 0 Å². The summed E-state index contributed by atoms with van der Waals surface area (Å²) in [6.07, 6.45) is 0. The third-order valence-corrected chi connectivity index (χ3v) is 8.57. The summed E-state index contributed by atoms with van der Waals surface area (Å²) in [6.45, 7) is 11.4. The van der Waals surface area contributed by atoms with Crippen molar-refractivity contribution >= 4 is 27.5 Å². The van der Waals surface area contributed by atoms with E-state index in [9.17, 15) is 20.1 Å². The van der Waals surface area contributed by atoms with E-state index in [4.69, 9.17) is 50.6 Å². The molecule has 0 aliphatic heterocycles. The van der Waals surface area contributed by atoms with Crippen LogP contribution in [0.25, 0.3) is 21.5 Å². The van der Waals surface area contributed by atoms with Gasteiger partial charge in [0.2, 0.25) is 0 Å². The SMILES string of the molecule is CC#N.CC#N.COc1cc(C)cc(CN(C)CCN(C)CCN(C)Cc2cc(C)cc(OC)c2[O-])c1[O-].O=C([O-])c1c2ccccc2cc2ccccc12.O=[N+]([O-])[O-].O=[N+]([O-])[O-].[Er+3].[Zn+2]. The molecule has 65 heavy (non-hydrogen) atoms. The molecule has 0 amide bonds. The van der Waals surface area contributed by atoms with E-state index in [1.165, 1.54) is 28.1 Å². The minimum Gasteiger partial charge on any atom is -0.870 e. The molecule has 0 fully saturated rings. The molecule has 0 spiro atoms. The molecule has 0 saturated heterocycles. The maximum atomic E-state index is 12.4. The molecular formula is C44H52ErN7O12Zn. The smallest absolute Gasteiger partial charge is 0.870 e. The van der Waals surface area contributed by atoms with Crippen molar-refractivity contribution in [3.63, 3.8) is 0 Å². The number of benzene rings is 5. The topological polar surface area (TPSA) is 294 Å². The number of carbonyl (C=O) groups is 1. The summed E-state index contributed by atoms with van der Waals surface area (Å²) in [5.74, 6) is -0.393. The van der Waals surface area contributed by atoms with Gasteiger partial charge in [0.1, 0.15) is 11.5 Å². The molecule has 19 nitrogen and oxygen atoms in total. The van der Waals surface area contributed by atoms with Gasteiger partial charge in [-0.2, -0.15) is 10.5 Å². The predicted octanol–water partition coefficient (Wildman–Crippen LogP) is 4.90. The van der Waals surface area contributed by atoms with Crippen LogP contribution in [0, 0.1) is 104 Å². The largest absolute Gasteiger partial charge is 3.00 e. The summed E-state index contributed by atoms with van der Waals surface area (Å²) in [6, 6.07) is 27.8. The van der Waals surface area contributed by atoms with Crippen LogP contribution in [0.3, 0.4) is 0 Å². The number of aryl methyl sites for hydroxylation is 2. The van der Waals surface area contributed by atoms with Crippen molar-refractivity contribution in [3.8, 4) is 35.1 Å². The maximum absolute atomic E-state index is 12.4. The molecule has 0 atom stereocenters. The normalized spacial score (nSPS) is 9.51. The molecule has 0 bridgehead atoms. The third-order valence-electron chi connectivity index (χ3n) is 8.57. The zero-order valence-electron chi connectivity index (χ0n) is 37.8. The first-order valence-electron chi connectivity index (χ1n) is 18.8. The van der Waals surface area contributed by atoms with Crippen LogP contribution in [0.15, 0.2) is 78.9 Å². The molecule has 0 saturated carbocycles. The second-order valence-corrected chi connectivity index (χ2v) is 13.6. The number of hydrogen-bond acceptors (Lipinski definition) is 17. The Hall–Kier alpha value is -5.58. The number of methoxy groups -OCH3 is 2. The number of carboxylic acid groups (broad SMARTS) is 1. The van der Waals surface area contributed by atoms with Gasteiger partial charge in [0.25, 0.3) is 0 Å². The van der Waals surface area contributed by atoms with Crippen LogP contribution < -0.4 is 24.8 Å². The Morgan fingerprint density at radius 3 is 1.22 bits per heavy atom. The number of hydrogen-bond donors (Lipinski definition) is 0. The van der Waals surface area contributed by atoms with Gasteiger partial charge in [-0.3, -0.25) is 0 Å². The van der Waals surface area contributed by atoms with Gasteiger partial charge in [0.05, 0.1) is 42.5 Å². The predicted molar refractivity (Wildman–Crippen MR) is 234 cm³/mol. The molecule has 0 aliphatic carbocycles. The standard InChI is InChI=1S/C25H39N3O4.C15H10O2.2C2H3N.Er.2NO3.Zn/c1-18-12-20(24(29)22(14-18)31-6)16-27(4)10-8-26(3)9-11-28(5)17-21-13-19(2)15-23(32-7)25(21)30;16-15(17)14-12-7-3-1-5-10(12)9-11-6-2-4-8-13(11)14;2*1-2-3;;2*2-1(3)4;/h12-15,29-30H,8-11,16-17H2,1-7H3;1-9H,(H,16,17);2*1H3;;;;/q;;;;+3;2*-1;+2/p-3. The molecule has 21 heteroatoms. The van der Waals surface area contributed by atoms with Crippen molar-refractivity contribution in [3.05, 3.63) is 137 Å². The number of carbonyl (C=O) groups excluding carboxylic acids is 1. The molecule has 1 radical (unpaired) electrons. The molecule has 0 unspecified atom stereocenters. The average Bonchev–Trinajstić information content (AvgIpc) is 3.21. The fraction of sp³-hybridized carbons (Fsp3) is 0.341. The van der Waals surface area contributed by atoms with Crippen molar-refractivity contribution < 1.29 is 96.5 Å². The van der Waals surface area contributed by atoms with Crippen LogP contribution >= 0.6 is 0 Å². The molecule has 5 rings (SSSR count). The summed E-state index contributed by atoms with van der Waals surface area (Å²) < 4.78 is 10.4. The number of nitrogens with zero attached hydrogens (tertiary/aromatic N) is 7. The molecule has 349 valence electrons. The summed E-state index contributed by atoms with van der Waals surface area (Å²) >= 11 is 0. The fourth-order valence-corrected chi connectivity index (χ4v) is 5.93. The van der Waals surface area contributed by atoms with E-state index in [0.29, 0.717) is 24.6 Å². The monoisotopic (exact) mass is 1100 g/mol. The van der Waals surface area contributed by atoms with Gasteiger partial charge < -0.3 is 74.9 Å². The van der Waals surface area contributed by atoms with Crippen molar-refractivity contribution in [2.75, 3.05) is 61.5 Å². The van der Waals surface area contributed by atoms with E-state index >= 15 is 0 Å². The summed E-state index contributed by atoms with van der Waals surface area (Å²) in [4.78, 5) is 34.4. The summed E-state index contributed by atoms with van der Waals surface area (Å²) in [5, 5.41) is 83.6. The van der Waals surface area contributed by atoms with Crippen LogP contribution in [-0.2, 0) is 32.6 Å². The van der Waals surface area contributed by atoms with E-state index in [1.54, 1.807) is 24.3 Å². The molecule has 0 aliphatic rings. The van der Waals surface area contributed by atoms with Gasteiger partial charge in [-0.1, -0.05) is 72.2 Å². The minimum atomic E-state index is -1.75. The number of nitriles is 2. The molecule has 0 N–H and O–H groups in total. The molecule has 0 heterocycles. The van der Waals surface area contributed by atoms with Gasteiger partial charge in [0, 0.05) is 58.7 Å². The Balaban J connectivity index is -0.000000966. The Kier molecular flexibility index (Phi) is 34.1. The number of likely N-dealkylation sites (N-methyl/N-ethyl adjacent to an activating group) is 3. The maximum Gasteiger partial charge on any atom is 3.00 e. The summed E-state index contributed by atoms with van der Waals surface area (Å²) in [5.41, 5.74) is 3.84. The number of fused-ring (bicyclic) bond motifs is 2. The molecule has 5 aromatic carbocycles. The third kappa shape index (κ3) is 24.9. The van der Waals surface area contributed by atoms with Crippen LogP contribution in [0.2, 0.25) is 0 Å². The van der Waals surface area contributed by atoms with E-state index in [-0.39, 0.29) is 73.8 Å². The molecular weight excluding hydrogens is 1050 g/mol. The average molecular weight is 1100 g/mol. The number of carboxylic acids is 1. The van der Waals surface area contributed by atoms with Gasteiger partial charge in [-0.15, -0.1) is 0 Å². The van der Waals surface area contributed by atoms with Gasteiger partial charge in [-0.05, 0) is 97.0 Å². The van der Waals surface area contributed by atoms with E-state index < -0.39 is 16.1 Å². The first-order valence-corrected chi connectivity index (χ1v) is 18.8. The van der Waals surface area contributed by atoms with Crippen molar-refractivity contribution in [2.45, 2.75) is 40.8 Å². The Morgan fingerprint density at radius 1 is 0.631 bits per heavy atom. The Morgan fingerprint density at radius 2 is 0.923 bits per heavy atom. The number of ether oxygens (including phenoxy) is 2. The van der Waals surface area contributed by atoms with E-state index in [0.717, 1.165) is 70.0 Å². The van der Waals surface area contributed by atoms with Gasteiger partial charge >= 0.3 is 56.8 Å². The first-order chi connectivity index (χ1) is 29.7. The van der Waals surface area contributed by atoms with Crippen LogP contribution in [0.1, 0.15) is 46.5 Å². The molecule has 0 aromatic heterocycles. The zero-order chi connectivity index (χ0) is 48.2. The van der Waals surface area contributed by atoms with Crippen molar-refractivity contribution in [1.29, 1.82) is 10.5 Å². The van der Waals surface area contributed by atoms with Gasteiger partial charge in [0.15, 0.2) is 0 Å². The minimum absolute atomic E-state index is 0. The molecule has 5 aromatic rings. The quantitative estimate of drug-likeness (QED) is 0.0655. The van der Waals surface area contributed by atoms with E-state index in [1.807, 2.05) is 94.7 Å². The number of rotatable bonds is 13. The Labute approximate surface area is 421 Å².